The highest BCUT2D eigenvalue weighted by Gasteiger charge is 2.17. The number of rotatable bonds is 8. The highest BCUT2D eigenvalue weighted by molar-refractivity contribution is 5.77. The number of carbonyl (C=O) groups is 1. The summed E-state index contributed by atoms with van der Waals surface area (Å²) < 4.78 is 5.35. The first kappa shape index (κ1) is 15.4. The van der Waals surface area contributed by atoms with Gasteiger partial charge in [0.05, 0.1) is 6.54 Å². The molecule has 106 valence electrons. The first-order chi connectivity index (χ1) is 8.72. The molecule has 1 fully saturated rings. The Hall–Kier alpha value is -0.650. The molecule has 0 saturated carbocycles. The molecule has 0 aromatic heterocycles. The monoisotopic (exact) mass is 257 g/mol. The van der Waals surface area contributed by atoms with Gasteiger partial charge in [-0.15, -0.1) is 0 Å². The first-order valence-corrected chi connectivity index (χ1v) is 7.04. The summed E-state index contributed by atoms with van der Waals surface area (Å²) in [5, 5.41) is 2.93. The van der Waals surface area contributed by atoms with E-state index < -0.39 is 0 Å². The SMILES string of the molecule is CCCOCCCNC(=O)CN1CCC(N)CC1. The fourth-order valence-electron chi connectivity index (χ4n) is 2.02. The van der Waals surface area contributed by atoms with E-state index in [1.807, 2.05) is 0 Å². The third kappa shape index (κ3) is 6.93. The average molecular weight is 257 g/mol. The minimum atomic E-state index is 0.112. The Kier molecular flexibility index (Phi) is 7.96. The topological polar surface area (TPSA) is 67.6 Å². The molecule has 0 aromatic carbocycles. The molecule has 3 N–H and O–H groups in total. The molecule has 1 rings (SSSR count). The Morgan fingerprint density at radius 3 is 2.78 bits per heavy atom. The van der Waals surface area contributed by atoms with E-state index in [-0.39, 0.29) is 5.91 Å². The Morgan fingerprint density at radius 2 is 2.11 bits per heavy atom. The molecule has 5 heteroatoms. The molecule has 0 atom stereocenters. The molecule has 5 nitrogen and oxygen atoms in total. The summed E-state index contributed by atoms with van der Waals surface area (Å²) in [5.74, 6) is 0.112. The van der Waals surface area contributed by atoms with Gasteiger partial charge in [0, 0.05) is 38.9 Å². The third-order valence-electron chi connectivity index (χ3n) is 3.14. The van der Waals surface area contributed by atoms with Crippen LogP contribution in [0.3, 0.4) is 0 Å². The van der Waals surface area contributed by atoms with E-state index >= 15 is 0 Å². The van der Waals surface area contributed by atoms with Crippen LogP contribution in [0.25, 0.3) is 0 Å². The van der Waals surface area contributed by atoms with Gasteiger partial charge in [-0.05, 0) is 25.7 Å². The van der Waals surface area contributed by atoms with Crippen LogP contribution >= 0.6 is 0 Å². The molecule has 1 aliphatic rings. The molecule has 1 aliphatic heterocycles. The number of hydrogen-bond donors (Lipinski definition) is 2. The van der Waals surface area contributed by atoms with E-state index in [0.29, 0.717) is 19.1 Å². The predicted octanol–water partition coefficient (Wildman–Crippen LogP) is 0.342. The van der Waals surface area contributed by atoms with Gasteiger partial charge in [-0.2, -0.15) is 0 Å². The quantitative estimate of drug-likeness (QED) is 0.615. The van der Waals surface area contributed by atoms with Gasteiger partial charge in [0.1, 0.15) is 0 Å². The van der Waals surface area contributed by atoms with Crippen molar-refractivity contribution in [1.82, 2.24) is 10.2 Å². The molecule has 0 bridgehead atoms. The van der Waals surface area contributed by atoms with E-state index in [4.69, 9.17) is 10.5 Å². The molecule has 0 aliphatic carbocycles. The van der Waals surface area contributed by atoms with Gasteiger partial charge in [0.2, 0.25) is 5.91 Å². The van der Waals surface area contributed by atoms with Crippen LogP contribution in [0.15, 0.2) is 0 Å². The van der Waals surface area contributed by atoms with Crippen LogP contribution in [0, 0.1) is 0 Å². The lowest BCUT2D eigenvalue weighted by molar-refractivity contribution is -0.122. The summed E-state index contributed by atoms with van der Waals surface area (Å²) >= 11 is 0. The second-order valence-corrected chi connectivity index (χ2v) is 4.93. The number of nitrogens with zero attached hydrogens (tertiary/aromatic N) is 1. The predicted molar refractivity (Wildman–Crippen MR) is 72.4 cm³/mol. The number of likely N-dealkylation sites (tertiary alicyclic amines) is 1. The number of carbonyl (C=O) groups excluding carboxylic acids is 1. The molecular weight excluding hydrogens is 230 g/mol. The van der Waals surface area contributed by atoms with E-state index in [0.717, 1.165) is 52.0 Å². The van der Waals surface area contributed by atoms with Gasteiger partial charge in [-0.1, -0.05) is 6.92 Å². The average Bonchev–Trinajstić information content (AvgIpc) is 2.36. The Labute approximate surface area is 110 Å². The van der Waals surface area contributed by atoms with Gasteiger partial charge in [-0.25, -0.2) is 0 Å². The molecule has 1 saturated heterocycles. The van der Waals surface area contributed by atoms with Crippen molar-refractivity contribution in [2.24, 2.45) is 5.73 Å². The van der Waals surface area contributed by atoms with Crippen molar-refractivity contribution in [1.29, 1.82) is 0 Å². The maximum Gasteiger partial charge on any atom is 0.234 e. The fourth-order valence-corrected chi connectivity index (χ4v) is 2.02. The number of piperidine rings is 1. The van der Waals surface area contributed by atoms with Gasteiger partial charge in [0.15, 0.2) is 0 Å². The lowest BCUT2D eigenvalue weighted by Gasteiger charge is -2.29. The summed E-state index contributed by atoms with van der Waals surface area (Å²) in [6.45, 7) is 6.71. The summed E-state index contributed by atoms with van der Waals surface area (Å²) in [6, 6.07) is 0.319. The molecule has 18 heavy (non-hydrogen) atoms. The van der Waals surface area contributed by atoms with E-state index in [2.05, 4.69) is 17.1 Å². The van der Waals surface area contributed by atoms with Crippen molar-refractivity contribution >= 4 is 5.91 Å². The highest BCUT2D eigenvalue weighted by Crippen LogP contribution is 2.07. The highest BCUT2D eigenvalue weighted by atomic mass is 16.5. The molecule has 1 heterocycles. The van der Waals surface area contributed by atoms with Gasteiger partial charge < -0.3 is 15.8 Å². The van der Waals surface area contributed by atoms with Gasteiger partial charge in [-0.3, -0.25) is 9.69 Å². The third-order valence-corrected chi connectivity index (χ3v) is 3.14. The normalized spacial score (nSPS) is 17.9. The van der Waals surface area contributed by atoms with E-state index in [1.54, 1.807) is 0 Å². The molecule has 0 spiro atoms. The van der Waals surface area contributed by atoms with Gasteiger partial charge in [0.25, 0.3) is 0 Å². The fraction of sp³-hybridized carbons (Fsp3) is 0.923. The molecule has 1 amide bonds. The smallest absolute Gasteiger partial charge is 0.234 e. The minimum absolute atomic E-state index is 0.112. The van der Waals surface area contributed by atoms with Crippen molar-refractivity contribution in [2.75, 3.05) is 39.4 Å². The van der Waals surface area contributed by atoms with Crippen molar-refractivity contribution in [3.63, 3.8) is 0 Å². The van der Waals surface area contributed by atoms with Crippen LogP contribution in [0.5, 0.6) is 0 Å². The zero-order valence-corrected chi connectivity index (χ0v) is 11.5. The summed E-state index contributed by atoms with van der Waals surface area (Å²) in [7, 11) is 0. The zero-order chi connectivity index (χ0) is 13.2. The maximum atomic E-state index is 11.7. The van der Waals surface area contributed by atoms with Crippen LogP contribution in [-0.4, -0.2) is 56.2 Å². The van der Waals surface area contributed by atoms with Crippen LogP contribution in [0.2, 0.25) is 0 Å². The maximum absolute atomic E-state index is 11.7. The lowest BCUT2D eigenvalue weighted by Crippen LogP contribution is -2.44. The Balaban J connectivity index is 1.97. The summed E-state index contributed by atoms with van der Waals surface area (Å²) in [4.78, 5) is 13.8. The largest absolute Gasteiger partial charge is 0.381 e. The standard InChI is InChI=1S/C13H27N3O2/c1-2-9-18-10-3-6-15-13(17)11-16-7-4-12(14)5-8-16/h12H,2-11,14H2,1H3,(H,15,17). The van der Waals surface area contributed by atoms with Gasteiger partial charge >= 0.3 is 0 Å². The molecular formula is C13H27N3O2. The van der Waals surface area contributed by atoms with Crippen LogP contribution < -0.4 is 11.1 Å². The number of nitrogens with one attached hydrogen (secondary N) is 1. The number of ether oxygens (including phenoxy) is 1. The van der Waals surface area contributed by atoms with E-state index in [1.165, 1.54) is 0 Å². The second-order valence-electron chi connectivity index (χ2n) is 4.93. The van der Waals surface area contributed by atoms with Crippen LogP contribution in [-0.2, 0) is 9.53 Å². The van der Waals surface area contributed by atoms with E-state index in [9.17, 15) is 4.79 Å². The second kappa shape index (κ2) is 9.30. The summed E-state index contributed by atoms with van der Waals surface area (Å²) in [6.07, 6.45) is 3.93. The minimum Gasteiger partial charge on any atom is -0.381 e. The van der Waals surface area contributed by atoms with Crippen LogP contribution in [0.4, 0.5) is 0 Å². The molecule has 0 unspecified atom stereocenters. The van der Waals surface area contributed by atoms with Crippen LogP contribution in [0.1, 0.15) is 32.6 Å². The lowest BCUT2D eigenvalue weighted by atomic mass is 10.1. The number of amides is 1. The number of hydrogen-bond acceptors (Lipinski definition) is 4. The van der Waals surface area contributed by atoms with Crippen molar-refractivity contribution < 1.29 is 9.53 Å². The van der Waals surface area contributed by atoms with Crippen molar-refractivity contribution in [3.8, 4) is 0 Å². The molecule has 0 radical (unpaired) electrons. The van der Waals surface area contributed by atoms with Crippen molar-refractivity contribution in [2.45, 2.75) is 38.6 Å². The van der Waals surface area contributed by atoms with Crippen molar-refractivity contribution in [3.05, 3.63) is 0 Å². The Morgan fingerprint density at radius 1 is 1.39 bits per heavy atom. The molecule has 0 aromatic rings. The zero-order valence-electron chi connectivity index (χ0n) is 11.5. The number of nitrogens with two attached hydrogens (primary N) is 1. The first-order valence-electron chi connectivity index (χ1n) is 7.04. The Bertz CT molecular complexity index is 228. The summed E-state index contributed by atoms with van der Waals surface area (Å²) in [5.41, 5.74) is 5.82.